The second-order valence-electron chi connectivity index (χ2n) is 5.19. The van der Waals surface area contributed by atoms with Gasteiger partial charge < -0.3 is 0 Å². The van der Waals surface area contributed by atoms with Crippen molar-refractivity contribution in [2.75, 3.05) is 6.26 Å². The van der Waals surface area contributed by atoms with Crippen LogP contribution in [0.5, 0.6) is 0 Å². The van der Waals surface area contributed by atoms with Crippen molar-refractivity contribution in [2.24, 2.45) is 10.1 Å². The molecule has 114 valence electrons. The third-order valence-electron chi connectivity index (χ3n) is 3.81. The minimum Gasteiger partial charge on any atom is -0.298 e. The van der Waals surface area contributed by atoms with Crippen LogP contribution in [0.1, 0.15) is 11.7 Å². The fourth-order valence-electron chi connectivity index (χ4n) is 2.76. The molecule has 2 aliphatic heterocycles. The Labute approximate surface area is 137 Å². The van der Waals surface area contributed by atoms with Gasteiger partial charge in [-0.05, 0) is 17.9 Å². The quantitative estimate of drug-likeness (QED) is 0.858. The monoisotopic (exact) mass is 322 g/mol. The summed E-state index contributed by atoms with van der Waals surface area (Å²) in [5.74, 6) is -0.146. The van der Waals surface area contributed by atoms with E-state index in [2.05, 4.69) is 10.4 Å². The molecule has 2 aliphatic rings. The number of hydrogen-bond donors (Lipinski definition) is 1. The van der Waals surface area contributed by atoms with Crippen molar-refractivity contribution >= 4 is 28.5 Å². The maximum Gasteiger partial charge on any atom is 0.276 e. The summed E-state index contributed by atoms with van der Waals surface area (Å²) in [6, 6.07) is 17.6. The number of para-hydroxylation sites is 1. The third kappa shape index (κ3) is 2.31. The van der Waals surface area contributed by atoms with Gasteiger partial charge in [-0.1, -0.05) is 60.3 Å². The molecule has 1 atom stereocenters. The lowest BCUT2D eigenvalue weighted by molar-refractivity contribution is -0.116. The van der Waals surface area contributed by atoms with Crippen molar-refractivity contribution in [1.29, 1.82) is 0 Å². The molecule has 5 nitrogen and oxygen atoms in total. The van der Waals surface area contributed by atoms with Crippen LogP contribution in [0.2, 0.25) is 0 Å². The van der Waals surface area contributed by atoms with E-state index < -0.39 is 0 Å². The number of thioether (sulfide) groups is 1. The van der Waals surface area contributed by atoms with Crippen LogP contribution in [0, 0.1) is 0 Å². The molecule has 0 spiro atoms. The fraction of sp³-hybridized carbons (Fsp3) is 0.118. The topological polar surface area (TPSA) is 57.1 Å². The summed E-state index contributed by atoms with van der Waals surface area (Å²) in [6.45, 7) is 0. The molecule has 2 heterocycles. The Morgan fingerprint density at radius 2 is 1.83 bits per heavy atom. The molecule has 0 aliphatic carbocycles. The van der Waals surface area contributed by atoms with E-state index in [4.69, 9.17) is 4.99 Å². The van der Waals surface area contributed by atoms with Crippen LogP contribution in [0.3, 0.4) is 0 Å². The molecule has 0 aromatic heterocycles. The van der Waals surface area contributed by atoms with Gasteiger partial charge in [0.15, 0.2) is 11.3 Å². The number of nitrogens with one attached hydrogen (secondary N) is 1. The molecular weight excluding hydrogens is 308 g/mol. The Balaban J connectivity index is 2.00. The first-order chi connectivity index (χ1) is 11.3. The highest BCUT2D eigenvalue weighted by Crippen LogP contribution is 2.30. The van der Waals surface area contributed by atoms with Crippen LogP contribution in [0.4, 0.5) is 0 Å². The molecule has 23 heavy (non-hydrogen) atoms. The van der Waals surface area contributed by atoms with Crippen molar-refractivity contribution in [2.45, 2.75) is 6.17 Å². The molecule has 1 N–H and O–H groups in total. The molecule has 0 unspecified atom stereocenters. The van der Waals surface area contributed by atoms with E-state index >= 15 is 0 Å². The van der Waals surface area contributed by atoms with E-state index in [9.17, 15) is 4.79 Å². The number of hydrazone groups is 1. The van der Waals surface area contributed by atoms with Crippen LogP contribution >= 0.6 is 11.8 Å². The lowest BCUT2D eigenvalue weighted by Gasteiger charge is -2.33. The molecule has 4 rings (SSSR count). The van der Waals surface area contributed by atoms with Crippen molar-refractivity contribution < 1.29 is 4.79 Å². The second kappa shape index (κ2) is 5.55. The van der Waals surface area contributed by atoms with Gasteiger partial charge in [-0.25, -0.2) is 5.01 Å². The van der Waals surface area contributed by atoms with Gasteiger partial charge in [0.1, 0.15) is 5.70 Å². The van der Waals surface area contributed by atoms with Crippen LogP contribution < -0.4 is 15.9 Å². The molecule has 1 amide bonds. The van der Waals surface area contributed by atoms with Gasteiger partial charge in [0.25, 0.3) is 5.91 Å². The molecule has 2 aromatic carbocycles. The smallest absolute Gasteiger partial charge is 0.276 e. The normalized spacial score (nSPS) is 19.3. The zero-order chi connectivity index (χ0) is 15.8. The fourth-order valence-corrected chi connectivity index (χ4v) is 3.13. The highest BCUT2D eigenvalue weighted by atomic mass is 32.2. The summed E-state index contributed by atoms with van der Waals surface area (Å²) in [5, 5.41) is 11.3. The van der Waals surface area contributed by atoms with E-state index in [0.717, 1.165) is 16.1 Å². The van der Waals surface area contributed by atoms with Crippen molar-refractivity contribution in [3.05, 3.63) is 70.7 Å². The Morgan fingerprint density at radius 3 is 2.61 bits per heavy atom. The average Bonchev–Trinajstić information content (AvgIpc) is 2.61. The Hall–Kier alpha value is -2.60. The first kappa shape index (κ1) is 14.0. The summed E-state index contributed by atoms with van der Waals surface area (Å²) >= 11 is 1.41. The van der Waals surface area contributed by atoms with E-state index in [1.165, 1.54) is 11.8 Å². The summed E-state index contributed by atoms with van der Waals surface area (Å²) in [5.41, 5.74) is 1.54. The van der Waals surface area contributed by atoms with Crippen LogP contribution in [-0.2, 0) is 4.79 Å². The highest BCUT2D eigenvalue weighted by Gasteiger charge is 2.33. The van der Waals surface area contributed by atoms with Gasteiger partial charge in [-0.3, -0.25) is 15.1 Å². The predicted octanol–water partition coefficient (Wildman–Crippen LogP) is 1.19. The highest BCUT2D eigenvalue weighted by molar-refractivity contribution is 8.13. The molecule has 2 aromatic rings. The second-order valence-corrected chi connectivity index (χ2v) is 5.98. The SMILES string of the molecule is CSC1=NN2C(=c3ccccc3=N[C@@H]2c2ccccc2)C(=O)N1. The number of carbonyl (C=O) groups is 1. The van der Waals surface area contributed by atoms with Crippen LogP contribution in [0.15, 0.2) is 64.7 Å². The zero-order valence-corrected chi connectivity index (χ0v) is 13.2. The molecule has 0 saturated carbocycles. The maximum atomic E-state index is 12.6. The molecule has 6 heteroatoms. The molecule has 0 saturated heterocycles. The number of amidine groups is 1. The van der Waals surface area contributed by atoms with Gasteiger partial charge in [0.2, 0.25) is 0 Å². The largest absolute Gasteiger partial charge is 0.298 e. The minimum atomic E-state index is -0.339. The predicted molar refractivity (Wildman–Crippen MR) is 90.7 cm³/mol. The minimum absolute atomic E-state index is 0.146. The average molecular weight is 322 g/mol. The molecule has 0 bridgehead atoms. The first-order valence-corrected chi connectivity index (χ1v) is 8.46. The number of fused-ring (bicyclic) bond motifs is 2. The van der Waals surface area contributed by atoms with Gasteiger partial charge in [0, 0.05) is 5.22 Å². The van der Waals surface area contributed by atoms with Gasteiger partial charge >= 0.3 is 0 Å². The standard InChI is InChI=1S/C17H14N4OS/c1-23-17-19-16(22)14-12-9-5-6-10-13(12)18-15(21(14)20-17)11-7-3-2-4-8-11/h2-10,15H,1H3,(H,19,20,22)/t15-/m0/s1. The van der Waals surface area contributed by atoms with Crippen molar-refractivity contribution in [3.63, 3.8) is 0 Å². The summed E-state index contributed by atoms with van der Waals surface area (Å²) in [6.07, 6.45) is 1.55. The van der Waals surface area contributed by atoms with Crippen molar-refractivity contribution in [1.82, 2.24) is 10.3 Å². The Kier molecular flexibility index (Phi) is 3.38. The number of carbonyl (C=O) groups excluding carboxylic acids is 1. The number of benzene rings is 2. The summed E-state index contributed by atoms with van der Waals surface area (Å²) in [7, 11) is 0. The van der Waals surface area contributed by atoms with Crippen LogP contribution in [0.25, 0.3) is 5.70 Å². The number of hydrogen-bond acceptors (Lipinski definition) is 5. The van der Waals surface area contributed by atoms with Crippen molar-refractivity contribution in [3.8, 4) is 0 Å². The van der Waals surface area contributed by atoms with E-state index in [0.29, 0.717) is 10.9 Å². The maximum absolute atomic E-state index is 12.6. The zero-order valence-electron chi connectivity index (χ0n) is 12.4. The van der Waals surface area contributed by atoms with Gasteiger partial charge in [-0.15, -0.1) is 5.10 Å². The summed E-state index contributed by atoms with van der Waals surface area (Å²) < 4.78 is 0. The summed E-state index contributed by atoms with van der Waals surface area (Å²) in [4.78, 5) is 17.4. The first-order valence-electron chi connectivity index (χ1n) is 7.23. The molecular formula is C17H14N4OS. The van der Waals surface area contributed by atoms with E-state index in [-0.39, 0.29) is 12.1 Å². The lowest BCUT2D eigenvalue weighted by atomic mass is 10.1. The Bertz CT molecular complexity index is 923. The molecule has 0 radical (unpaired) electrons. The van der Waals surface area contributed by atoms with Gasteiger partial charge in [-0.2, -0.15) is 0 Å². The van der Waals surface area contributed by atoms with E-state index in [1.54, 1.807) is 5.01 Å². The van der Waals surface area contributed by atoms with Gasteiger partial charge in [0.05, 0.1) is 5.36 Å². The number of rotatable bonds is 1. The van der Waals surface area contributed by atoms with Crippen LogP contribution in [-0.4, -0.2) is 22.3 Å². The number of amides is 1. The Morgan fingerprint density at radius 1 is 1.09 bits per heavy atom. The molecule has 0 fully saturated rings. The van der Waals surface area contributed by atoms with E-state index in [1.807, 2.05) is 60.9 Å². The third-order valence-corrected chi connectivity index (χ3v) is 4.38. The number of nitrogens with zero attached hydrogens (tertiary/aromatic N) is 3. The lowest BCUT2D eigenvalue weighted by Crippen LogP contribution is -2.50.